The number of nitrogens with zero attached hydrogens (tertiary/aromatic N) is 2. The fraction of sp³-hybridized carbons (Fsp3) is 0.640. The highest BCUT2D eigenvalue weighted by Gasteiger charge is 2.47. The predicted octanol–water partition coefficient (Wildman–Crippen LogP) is 1.17. The van der Waals surface area contributed by atoms with Crippen LogP contribution in [0.25, 0.3) is 0 Å². The van der Waals surface area contributed by atoms with Crippen molar-refractivity contribution in [2.45, 2.75) is 56.5 Å². The first kappa shape index (κ1) is 21.1. The topological polar surface area (TPSA) is 91.0 Å². The number of nitrogens with one attached hydrogen (secondary N) is 2. The Kier molecular flexibility index (Phi) is 5.18. The van der Waals surface area contributed by atoms with Crippen molar-refractivity contribution in [3.05, 3.63) is 28.8 Å². The van der Waals surface area contributed by atoms with Gasteiger partial charge in [-0.1, -0.05) is 6.07 Å². The molecule has 1 aromatic carbocycles. The highest BCUT2D eigenvalue weighted by atomic mass is 16.5. The van der Waals surface area contributed by atoms with Gasteiger partial charge in [0.1, 0.15) is 11.8 Å². The van der Waals surface area contributed by atoms with Crippen molar-refractivity contribution in [2.24, 2.45) is 5.92 Å². The number of ether oxygens (including phenoxy) is 1. The number of carbonyl (C=O) groups excluding carboxylic acids is 3. The second-order valence-corrected chi connectivity index (χ2v) is 10.4. The number of amides is 3. The molecule has 0 bridgehead atoms. The molecule has 5 aliphatic rings. The molecule has 0 unspecified atom stereocenters. The molecule has 1 aromatic rings. The number of hydrogen-bond donors (Lipinski definition) is 2. The second kappa shape index (κ2) is 8.09. The Balaban J connectivity index is 1.18. The van der Waals surface area contributed by atoms with Gasteiger partial charge in [0.15, 0.2) is 0 Å². The van der Waals surface area contributed by atoms with E-state index in [0.29, 0.717) is 25.1 Å². The number of fused-ring (bicyclic) bond motifs is 4. The summed E-state index contributed by atoms with van der Waals surface area (Å²) in [4.78, 5) is 41.3. The fourth-order valence-electron chi connectivity index (χ4n) is 6.49. The molecule has 3 amide bonds. The van der Waals surface area contributed by atoms with Crippen LogP contribution < -0.4 is 15.4 Å². The Bertz CT molecular complexity index is 994. The number of benzene rings is 1. The third kappa shape index (κ3) is 3.54. The second-order valence-electron chi connectivity index (χ2n) is 10.4. The third-order valence-electron chi connectivity index (χ3n) is 8.52. The lowest BCUT2D eigenvalue weighted by Crippen LogP contribution is -2.52. The fourth-order valence-corrected chi connectivity index (χ4v) is 6.49. The molecule has 5 heterocycles. The summed E-state index contributed by atoms with van der Waals surface area (Å²) < 4.78 is 6.29. The van der Waals surface area contributed by atoms with Crippen LogP contribution in [0.15, 0.2) is 12.1 Å². The first-order valence-corrected chi connectivity index (χ1v) is 12.4. The zero-order valence-corrected chi connectivity index (χ0v) is 19.0. The van der Waals surface area contributed by atoms with E-state index in [1.165, 1.54) is 24.9 Å². The Morgan fingerprint density at radius 2 is 1.85 bits per heavy atom. The van der Waals surface area contributed by atoms with Gasteiger partial charge >= 0.3 is 0 Å². The van der Waals surface area contributed by atoms with E-state index in [1.807, 2.05) is 6.07 Å². The summed E-state index contributed by atoms with van der Waals surface area (Å²) in [5.41, 5.74) is 2.82. The smallest absolute Gasteiger partial charge is 0.255 e. The predicted molar refractivity (Wildman–Crippen MR) is 121 cm³/mol. The van der Waals surface area contributed by atoms with Crippen molar-refractivity contribution in [3.8, 4) is 5.75 Å². The third-order valence-corrected chi connectivity index (χ3v) is 8.52. The summed E-state index contributed by atoms with van der Waals surface area (Å²) in [7, 11) is 0. The molecule has 176 valence electrons. The zero-order valence-electron chi connectivity index (χ0n) is 19.0. The van der Waals surface area contributed by atoms with E-state index in [2.05, 4.69) is 21.6 Å². The van der Waals surface area contributed by atoms with E-state index in [9.17, 15) is 14.4 Å². The van der Waals surface area contributed by atoms with Crippen molar-refractivity contribution in [1.82, 2.24) is 20.4 Å². The van der Waals surface area contributed by atoms with Crippen LogP contribution in [0.4, 0.5) is 0 Å². The Morgan fingerprint density at radius 3 is 2.61 bits per heavy atom. The van der Waals surface area contributed by atoms with Crippen LogP contribution in [-0.4, -0.2) is 72.9 Å². The van der Waals surface area contributed by atoms with Gasteiger partial charge in [0.25, 0.3) is 5.91 Å². The quantitative estimate of drug-likeness (QED) is 0.670. The van der Waals surface area contributed by atoms with Crippen LogP contribution in [0.1, 0.15) is 60.0 Å². The van der Waals surface area contributed by atoms with Crippen LogP contribution >= 0.6 is 0 Å². The SMILES string of the molecule is O=C1CC[C@H](N2Cc3c(ccc4c3OCC43CCN(CC4CCNCC4)CC3)C2=O)C(=O)N1. The normalized spacial score (nSPS) is 27.5. The summed E-state index contributed by atoms with van der Waals surface area (Å²) in [6, 6.07) is 3.43. The molecule has 0 saturated carbocycles. The molecule has 2 N–H and O–H groups in total. The summed E-state index contributed by atoms with van der Waals surface area (Å²) in [6.45, 7) is 6.71. The van der Waals surface area contributed by atoms with Gasteiger partial charge in [-0.25, -0.2) is 0 Å². The summed E-state index contributed by atoms with van der Waals surface area (Å²) >= 11 is 0. The molecule has 3 saturated heterocycles. The number of rotatable bonds is 3. The maximum absolute atomic E-state index is 13.1. The number of carbonyl (C=O) groups is 3. The summed E-state index contributed by atoms with van der Waals surface area (Å²) in [5.74, 6) is 0.895. The number of piperidine rings is 3. The highest BCUT2D eigenvalue weighted by Crippen LogP contribution is 2.49. The average molecular weight is 453 g/mol. The van der Waals surface area contributed by atoms with Crippen LogP contribution in [0.3, 0.4) is 0 Å². The van der Waals surface area contributed by atoms with Crippen LogP contribution in [0.5, 0.6) is 5.75 Å². The number of likely N-dealkylation sites (tertiary alicyclic amines) is 1. The lowest BCUT2D eigenvalue weighted by atomic mass is 9.73. The maximum Gasteiger partial charge on any atom is 0.255 e. The Hall–Kier alpha value is -2.45. The Morgan fingerprint density at radius 1 is 1.06 bits per heavy atom. The molecule has 6 rings (SSSR count). The maximum atomic E-state index is 13.1. The molecule has 3 fully saturated rings. The average Bonchev–Trinajstić information content (AvgIpc) is 3.35. The number of hydrogen-bond acceptors (Lipinski definition) is 6. The van der Waals surface area contributed by atoms with Gasteiger partial charge in [-0.2, -0.15) is 0 Å². The summed E-state index contributed by atoms with van der Waals surface area (Å²) in [6.07, 6.45) is 5.35. The van der Waals surface area contributed by atoms with E-state index >= 15 is 0 Å². The minimum absolute atomic E-state index is 0.0279. The van der Waals surface area contributed by atoms with Crippen molar-refractivity contribution in [2.75, 3.05) is 39.3 Å². The molecule has 0 aliphatic carbocycles. The van der Waals surface area contributed by atoms with Gasteiger partial charge < -0.3 is 19.9 Å². The van der Waals surface area contributed by atoms with Crippen molar-refractivity contribution < 1.29 is 19.1 Å². The molecule has 1 atom stereocenters. The molecular formula is C25H32N4O4. The van der Waals surface area contributed by atoms with Crippen LogP contribution in [-0.2, 0) is 21.5 Å². The molecule has 8 nitrogen and oxygen atoms in total. The lowest BCUT2D eigenvalue weighted by Gasteiger charge is -2.40. The molecular weight excluding hydrogens is 420 g/mol. The first-order valence-electron chi connectivity index (χ1n) is 12.4. The van der Waals surface area contributed by atoms with Crippen LogP contribution in [0.2, 0.25) is 0 Å². The van der Waals surface area contributed by atoms with Crippen molar-refractivity contribution in [3.63, 3.8) is 0 Å². The van der Waals surface area contributed by atoms with E-state index in [-0.39, 0.29) is 29.6 Å². The highest BCUT2D eigenvalue weighted by molar-refractivity contribution is 6.05. The molecule has 33 heavy (non-hydrogen) atoms. The van der Waals surface area contributed by atoms with Gasteiger partial charge in [0.2, 0.25) is 11.8 Å². The van der Waals surface area contributed by atoms with Gasteiger partial charge in [0.05, 0.1) is 13.2 Å². The lowest BCUT2D eigenvalue weighted by molar-refractivity contribution is -0.136. The molecule has 1 spiro atoms. The minimum atomic E-state index is -0.591. The molecule has 8 heteroatoms. The Labute approximate surface area is 194 Å². The molecule has 0 radical (unpaired) electrons. The summed E-state index contributed by atoms with van der Waals surface area (Å²) in [5, 5.41) is 5.83. The minimum Gasteiger partial charge on any atom is -0.492 e. The van der Waals surface area contributed by atoms with Gasteiger partial charge in [-0.05, 0) is 70.3 Å². The van der Waals surface area contributed by atoms with E-state index < -0.39 is 6.04 Å². The van der Waals surface area contributed by atoms with E-state index in [0.717, 1.165) is 56.3 Å². The van der Waals surface area contributed by atoms with Crippen molar-refractivity contribution in [1.29, 1.82) is 0 Å². The first-order chi connectivity index (χ1) is 16.0. The van der Waals surface area contributed by atoms with E-state index in [4.69, 9.17) is 4.74 Å². The van der Waals surface area contributed by atoms with E-state index in [1.54, 1.807) is 4.90 Å². The van der Waals surface area contributed by atoms with Gasteiger partial charge in [-0.3, -0.25) is 19.7 Å². The number of imide groups is 1. The standard InChI is InChI=1S/C25H32N4O4/c30-21-4-3-20(23(31)27-21)29-14-18-17(24(29)32)1-2-19-22(18)33-15-25(19)7-11-28(12-8-25)13-16-5-9-26-10-6-16/h1-2,16,20,26H,3-15H2,(H,27,30,31)/t20-/m0/s1. The largest absolute Gasteiger partial charge is 0.492 e. The van der Waals surface area contributed by atoms with Gasteiger partial charge in [0, 0.05) is 35.1 Å². The molecule has 0 aromatic heterocycles. The monoisotopic (exact) mass is 452 g/mol. The molecule has 5 aliphatic heterocycles. The zero-order chi connectivity index (χ0) is 22.6. The van der Waals surface area contributed by atoms with Crippen LogP contribution in [0, 0.1) is 5.92 Å². The van der Waals surface area contributed by atoms with Gasteiger partial charge in [-0.15, -0.1) is 0 Å². The van der Waals surface area contributed by atoms with Crippen molar-refractivity contribution >= 4 is 17.7 Å².